The summed E-state index contributed by atoms with van der Waals surface area (Å²) in [5.74, 6) is 0.274. The number of amides is 1. The minimum atomic E-state index is -3.54. The topological polar surface area (TPSA) is 66.5 Å². The molecule has 1 aromatic carbocycles. The van der Waals surface area contributed by atoms with Crippen LogP contribution in [0.2, 0.25) is 0 Å². The molecule has 1 unspecified atom stereocenters. The fourth-order valence-electron chi connectivity index (χ4n) is 3.55. The van der Waals surface area contributed by atoms with E-state index >= 15 is 0 Å². The fourth-order valence-corrected chi connectivity index (χ4v) is 5.31. The summed E-state index contributed by atoms with van der Waals surface area (Å²) in [6, 6.07) is 4.99. The third kappa shape index (κ3) is 5.79. The molecule has 6 heteroatoms. The lowest BCUT2D eigenvalue weighted by molar-refractivity contribution is 0.0945. The molecule has 1 aromatic rings. The number of rotatable bonds is 9. The number of hydrogen-bond donors (Lipinski definition) is 1. The van der Waals surface area contributed by atoms with Crippen molar-refractivity contribution in [1.82, 2.24) is 9.62 Å². The quantitative estimate of drug-likeness (QED) is 0.685. The summed E-state index contributed by atoms with van der Waals surface area (Å²) in [5, 5.41) is 2.99. The van der Waals surface area contributed by atoms with Gasteiger partial charge in [-0.15, -0.1) is 0 Å². The van der Waals surface area contributed by atoms with Gasteiger partial charge in [-0.05, 0) is 49.8 Å². The molecule has 1 saturated heterocycles. The highest BCUT2D eigenvalue weighted by atomic mass is 32.2. The largest absolute Gasteiger partial charge is 0.352 e. The normalized spacial score (nSPS) is 16.9. The number of sulfonamides is 1. The van der Waals surface area contributed by atoms with Crippen molar-refractivity contribution in [3.8, 4) is 0 Å². The van der Waals surface area contributed by atoms with Crippen molar-refractivity contribution in [3.63, 3.8) is 0 Å². The molecule has 0 spiro atoms. The maximum atomic E-state index is 13.0. The van der Waals surface area contributed by atoms with Crippen LogP contribution in [-0.4, -0.2) is 38.3 Å². The molecular formula is C21H34N2O3S. The van der Waals surface area contributed by atoms with Crippen molar-refractivity contribution in [3.05, 3.63) is 29.3 Å². The molecule has 1 amide bonds. The SMILES string of the molecule is CCCCC(CC)CNC(=O)c1ccc(C)c(S(=O)(=O)N2CCCCC2)c1. The standard InChI is InChI=1S/C21H34N2O3S/c1-4-6-10-18(5-2)16-22-21(24)19-12-11-17(3)20(15-19)27(25,26)23-13-8-7-9-14-23/h11-12,15,18H,4-10,13-14,16H2,1-3H3,(H,22,24). The zero-order chi connectivity index (χ0) is 19.9. The maximum Gasteiger partial charge on any atom is 0.251 e. The number of piperidine rings is 1. The second-order valence-electron chi connectivity index (χ2n) is 7.57. The van der Waals surface area contributed by atoms with Crippen molar-refractivity contribution >= 4 is 15.9 Å². The molecule has 27 heavy (non-hydrogen) atoms. The van der Waals surface area contributed by atoms with Crippen molar-refractivity contribution in [1.29, 1.82) is 0 Å². The van der Waals surface area contributed by atoms with Crippen LogP contribution in [-0.2, 0) is 10.0 Å². The lowest BCUT2D eigenvalue weighted by atomic mass is 9.99. The molecule has 0 radical (unpaired) electrons. The lowest BCUT2D eigenvalue weighted by Crippen LogP contribution is -2.36. The summed E-state index contributed by atoms with van der Waals surface area (Å²) in [6.45, 7) is 7.86. The molecule has 1 atom stereocenters. The van der Waals surface area contributed by atoms with Crippen LogP contribution in [0.4, 0.5) is 0 Å². The molecule has 0 saturated carbocycles. The smallest absolute Gasteiger partial charge is 0.251 e. The van der Waals surface area contributed by atoms with Crippen LogP contribution in [0.1, 0.15) is 74.7 Å². The molecule has 1 aliphatic rings. The molecular weight excluding hydrogens is 360 g/mol. The van der Waals surface area contributed by atoms with Gasteiger partial charge in [0.05, 0.1) is 4.90 Å². The molecule has 1 aliphatic heterocycles. The fraction of sp³-hybridized carbons (Fsp3) is 0.667. The molecule has 1 fully saturated rings. The summed E-state index contributed by atoms with van der Waals surface area (Å²) >= 11 is 0. The van der Waals surface area contributed by atoms with Crippen LogP contribution in [0.15, 0.2) is 23.1 Å². The van der Waals surface area contributed by atoms with E-state index < -0.39 is 10.0 Å². The predicted octanol–water partition coefficient (Wildman–Crippen LogP) is 4.12. The van der Waals surface area contributed by atoms with Gasteiger partial charge in [-0.2, -0.15) is 4.31 Å². The second kappa shape index (κ2) is 10.2. The Balaban J connectivity index is 2.12. The third-order valence-electron chi connectivity index (χ3n) is 5.48. The highest BCUT2D eigenvalue weighted by Gasteiger charge is 2.28. The zero-order valence-corrected chi connectivity index (χ0v) is 17.8. The average molecular weight is 395 g/mol. The Hall–Kier alpha value is -1.40. The van der Waals surface area contributed by atoms with E-state index in [1.54, 1.807) is 29.4 Å². The van der Waals surface area contributed by atoms with Gasteiger partial charge in [-0.3, -0.25) is 4.79 Å². The van der Waals surface area contributed by atoms with E-state index in [0.29, 0.717) is 36.7 Å². The summed E-state index contributed by atoms with van der Waals surface area (Å²) in [6.07, 6.45) is 7.32. The van der Waals surface area contributed by atoms with Crippen LogP contribution in [0.5, 0.6) is 0 Å². The monoisotopic (exact) mass is 394 g/mol. The van der Waals surface area contributed by atoms with Gasteiger partial charge in [0.25, 0.3) is 5.91 Å². The maximum absolute atomic E-state index is 13.0. The van der Waals surface area contributed by atoms with Crippen molar-refractivity contribution in [2.24, 2.45) is 5.92 Å². The molecule has 0 aliphatic carbocycles. The highest BCUT2D eigenvalue weighted by Crippen LogP contribution is 2.24. The number of aryl methyl sites for hydroxylation is 1. The van der Waals surface area contributed by atoms with Gasteiger partial charge < -0.3 is 5.32 Å². The van der Waals surface area contributed by atoms with Gasteiger partial charge in [0.1, 0.15) is 0 Å². The van der Waals surface area contributed by atoms with E-state index in [1.165, 1.54) is 0 Å². The van der Waals surface area contributed by atoms with E-state index in [-0.39, 0.29) is 10.8 Å². The summed E-state index contributed by atoms with van der Waals surface area (Å²) < 4.78 is 27.6. The molecule has 5 nitrogen and oxygen atoms in total. The number of benzene rings is 1. The minimum absolute atomic E-state index is 0.194. The van der Waals surface area contributed by atoms with Crippen LogP contribution in [0.3, 0.4) is 0 Å². The predicted molar refractivity (Wildman–Crippen MR) is 109 cm³/mol. The van der Waals surface area contributed by atoms with E-state index in [4.69, 9.17) is 0 Å². The lowest BCUT2D eigenvalue weighted by Gasteiger charge is -2.26. The second-order valence-corrected chi connectivity index (χ2v) is 9.48. The van der Waals surface area contributed by atoms with Gasteiger partial charge in [0.15, 0.2) is 0 Å². The van der Waals surface area contributed by atoms with Gasteiger partial charge in [0.2, 0.25) is 10.0 Å². The molecule has 1 N–H and O–H groups in total. The number of unbranched alkanes of at least 4 members (excludes halogenated alkanes) is 1. The Kier molecular flexibility index (Phi) is 8.29. The number of nitrogens with zero attached hydrogens (tertiary/aromatic N) is 1. The first-order chi connectivity index (χ1) is 12.9. The van der Waals surface area contributed by atoms with Gasteiger partial charge >= 0.3 is 0 Å². The van der Waals surface area contributed by atoms with Crippen LogP contribution in [0, 0.1) is 12.8 Å². The molecule has 2 rings (SSSR count). The summed E-state index contributed by atoms with van der Waals surface area (Å²) in [4.78, 5) is 12.8. The third-order valence-corrected chi connectivity index (χ3v) is 7.52. The highest BCUT2D eigenvalue weighted by molar-refractivity contribution is 7.89. The average Bonchev–Trinajstić information content (AvgIpc) is 2.68. The molecule has 152 valence electrons. The summed E-state index contributed by atoms with van der Waals surface area (Å²) in [5.41, 5.74) is 1.10. The van der Waals surface area contributed by atoms with Crippen molar-refractivity contribution < 1.29 is 13.2 Å². The molecule has 0 bridgehead atoms. The van der Waals surface area contributed by atoms with Gasteiger partial charge in [0, 0.05) is 25.2 Å². The van der Waals surface area contributed by atoms with E-state index in [2.05, 4.69) is 19.2 Å². The van der Waals surface area contributed by atoms with Crippen LogP contribution in [0.25, 0.3) is 0 Å². The Morgan fingerprint density at radius 1 is 1.19 bits per heavy atom. The first-order valence-corrected chi connectivity index (χ1v) is 11.7. The Labute approximate surface area is 164 Å². The van der Waals surface area contributed by atoms with E-state index in [0.717, 1.165) is 44.9 Å². The first kappa shape index (κ1) is 21.9. The van der Waals surface area contributed by atoms with Crippen molar-refractivity contribution in [2.75, 3.05) is 19.6 Å². The number of hydrogen-bond acceptors (Lipinski definition) is 3. The molecule has 1 heterocycles. The Bertz CT molecular complexity index is 725. The Morgan fingerprint density at radius 3 is 2.52 bits per heavy atom. The Morgan fingerprint density at radius 2 is 1.89 bits per heavy atom. The number of carbonyl (C=O) groups excluding carboxylic acids is 1. The first-order valence-electron chi connectivity index (χ1n) is 10.3. The number of nitrogens with one attached hydrogen (secondary N) is 1. The van der Waals surface area contributed by atoms with Gasteiger partial charge in [-0.1, -0.05) is 45.6 Å². The van der Waals surface area contributed by atoms with Gasteiger partial charge in [-0.25, -0.2) is 8.42 Å². The minimum Gasteiger partial charge on any atom is -0.352 e. The summed E-state index contributed by atoms with van der Waals surface area (Å²) in [7, 11) is -3.54. The zero-order valence-electron chi connectivity index (χ0n) is 17.0. The number of carbonyl (C=O) groups is 1. The van der Waals surface area contributed by atoms with E-state index in [1.807, 2.05) is 0 Å². The van der Waals surface area contributed by atoms with Crippen LogP contribution >= 0.6 is 0 Å². The van der Waals surface area contributed by atoms with E-state index in [9.17, 15) is 13.2 Å². The molecule has 0 aromatic heterocycles. The van der Waals surface area contributed by atoms with Crippen LogP contribution < -0.4 is 5.32 Å². The van der Waals surface area contributed by atoms with Crippen molar-refractivity contribution in [2.45, 2.75) is 70.6 Å².